The second-order valence-electron chi connectivity index (χ2n) is 3.00. The van der Waals surface area contributed by atoms with Crippen LogP contribution in [0.25, 0.3) is 0 Å². The Labute approximate surface area is 89.7 Å². The Morgan fingerprint density at radius 1 is 1.50 bits per heavy atom. The fraction of sp³-hybridized carbons (Fsp3) is 0.625. The molecule has 1 aliphatic rings. The minimum absolute atomic E-state index is 0.758. The summed E-state index contributed by atoms with van der Waals surface area (Å²) in [4.78, 5) is 33.2. The third-order valence-corrected chi connectivity index (χ3v) is 1.77. The van der Waals surface area contributed by atoms with E-state index in [1.165, 1.54) is 0 Å². The van der Waals surface area contributed by atoms with Gasteiger partial charge in [-0.05, 0) is 0 Å². The Morgan fingerprint density at radius 3 is 2.56 bits per heavy atom. The minimum Gasteiger partial charge on any atom is -0.442 e. The molecule has 2 unspecified atom stereocenters. The van der Waals surface area contributed by atoms with E-state index in [1.54, 1.807) is 0 Å². The molecule has 2 atom stereocenters. The molecule has 0 radical (unpaired) electrons. The molecule has 90 valence electrons. The summed E-state index contributed by atoms with van der Waals surface area (Å²) in [5.41, 5.74) is 0. The van der Waals surface area contributed by atoms with E-state index in [4.69, 9.17) is 10.2 Å². The highest BCUT2D eigenvalue weighted by Crippen LogP contribution is 2.22. The summed E-state index contributed by atoms with van der Waals surface area (Å²) in [5, 5.41) is 17.6. The SMILES string of the molecule is CC(=O)OC1(CO)OC(=O)C(CO)OC1=O. The zero-order valence-corrected chi connectivity index (χ0v) is 8.34. The van der Waals surface area contributed by atoms with Gasteiger partial charge >= 0.3 is 23.7 Å². The normalized spacial score (nSPS) is 29.3. The number of aliphatic hydroxyl groups excluding tert-OH is 2. The average Bonchev–Trinajstić information content (AvgIpc) is 2.22. The highest BCUT2D eigenvalue weighted by atomic mass is 16.8. The predicted octanol–water partition coefficient (Wildman–Crippen LogP) is -2.30. The van der Waals surface area contributed by atoms with E-state index in [9.17, 15) is 14.4 Å². The minimum atomic E-state index is -2.46. The van der Waals surface area contributed by atoms with Crippen molar-refractivity contribution in [3.63, 3.8) is 0 Å². The van der Waals surface area contributed by atoms with Crippen LogP contribution in [0.4, 0.5) is 0 Å². The molecule has 1 rings (SSSR count). The molecule has 1 fully saturated rings. The molecule has 1 saturated heterocycles. The van der Waals surface area contributed by atoms with Crippen LogP contribution in [-0.2, 0) is 28.6 Å². The van der Waals surface area contributed by atoms with Gasteiger partial charge in [0.25, 0.3) is 0 Å². The van der Waals surface area contributed by atoms with Crippen molar-refractivity contribution in [2.24, 2.45) is 0 Å². The van der Waals surface area contributed by atoms with Crippen molar-refractivity contribution in [2.45, 2.75) is 18.8 Å². The molecular weight excluding hydrogens is 224 g/mol. The lowest BCUT2D eigenvalue weighted by atomic mass is 10.2. The number of aliphatic hydroxyl groups is 2. The van der Waals surface area contributed by atoms with Gasteiger partial charge in [-0.25, -0.2) is 9.59 Å². The maximum Gasteiger partial charge on any atom is 0.396 e. The first kappa shape index (κ1) is 12.4. The first-order valence-electron chi connectivity index (χ1n) is 4.30. The summed E-state index contributed by atoms with van der Waals surface area (Å²) in [6, 6.07) is 0. The molecule has 0 aromatic carbocycles. The van der Waals surface area contributed by atoms with Gasteiger partial charge in [-0.15, -0.1) is 0 Å². The quantitative estimate of drug-likeness (QED) is 0.523. The number of cyclic esters (lactones) is 2. The van der Waals surface area contributed by atoms with Gasteiger partial charge in [0.15, 0.2) is 0 Å². The van der Waals surface area contributed by atoms with Gasteiger partial charge in [-0.2, -0.15) is 0 Å². The highest BCUT2D eigenvalue weighted by molar-refractivity contribution is 5.91. The Hall–Kier alpha value is -1.67. The zero-order valence-electron chi connectivity index (χ0n) is 8.34. The lowest BCUT2D eigenvalue weighted by molar-refractivity contribution is -0.270. The molecule has 0 aromatic heterocycles. The van der Waals surface area contributed by atoms with Crippen LogP contribution in [0, 0.1) is 0 Å². The molecule has 8 nitrogen and oxygen atoms in total. The van der Waals surface area contributed by atoms with Crippen molar-refractivity contribution in [3.8, 4) is 0 Å². The lowest BCUT2D eigenvalue weighted by Crippen LogP contribution is -2.58. The second kappa shape index (κ2) is 4.45. The smallest absolute Gasteiger partial charge is 0.396 e. The molecule has 0 aromatic rings. The van der Waals surface area contributed by atoms with E-state index in [1.807, 2.05) is 0 Å². The van der Waals surface area contributed by atoms with Crippen LogP contribution < -0.4 is 0 Å². The monoisotopic (exact) mass is 234 g/mol. The number of esters is 3. The summed E-state index contributed by atoms with van der Waals surface area (Å²) in [5.74, 6) is -5.74. The van der Waals surface area contributed by atoms with Gasteiger partial charge in [0, 0.05) is 6.92 Å². The fourth-order valence-corrected chi connectivity index (χ4v) is 1.07. The van der Waals surface area contributed by atoms with Crippen molar-refractivity contribution < 1.29 is 38.8 Å². The van der Waals surface area contributed by atoms with Crippen LogP contribution >= 0.6 is 0 Å². The Balaban J connectivity index is 2.91. The van der Waals surface area contributed by atoms with Crippen molar-refractivity contribution in [1.29, 1.82) is 0 Å². The predicted molar refractivity (Wildman–Crippen MR) is 44.6 cm³/mol. The van der Waals surface area contributed by atoms with E-state index < -0.39 is 43.0 Å². The average molecular weight is 234 g/mol. The summed E-state index contributed by atoms with van der Waals surface area (Å²) in [6.07, 6.45) is -1.47. The molecule has 0 aliphatic carbocycles. The third-order valence-electron chi connectivity index (χ3n) is 1.77. The van der Waals surface area contributed by atoms with E-state index in [-0.39, 0.29) is 0 Å². The fourth-order valence-electron chi connectivity index (χ4n) is 1.07. The van der Waals surface area contributed by atoms with Crippen LogP contribution in [0.3, 0.4) is 0 Å². The molecule has 2 N–H and O–H groups in total. The molecule has 0 saturated carbocycles. The topological polar surface area (TPSA) is 119 Å². The number of hydrogen-bond donors (Lipinski definition) is 2. The lowest BCUT2D eigenvalue weighted by Gasteiger charge is -2.34. The van der Waals surface area contributed by atoms with Gasteiger partial charge in [0.2, 0.25) is 6.10 Å². The van der Waals surface area contributed by atoms with Crippen LogP contribution in [0.5, 0.6) is 0 Å². The van der Waals surface area contributed by atoms with Crippen molar-refractivity contribution in [1.82, 2.24) is 0 Å². The zero-order chi connectivity index (χ0) is 12.3. The van der Waals surface area contributed by atoms with E-state index >= 15 is 0 Å². The first-order valence-corrected chi connectivity index (χ1v) is 4.30. The number of ether oxygens (including phenoxy) is 3. The van der Waals surface area contributed by atoms with Crippen LogP contribution in [0.15, 0.2) is 0 Å². The Bertz CT molecular complexity index is 324. The summed E-state index contributed by atoms with van der Waals surface area (Å²) >= 11 is 0. The van der Waals surface area contributed by atoms with E-state index in [0.29, 0.717) is 0 Å². The number of hydrogen-bond acceptors (Lipinski definition) is 8. The van der Waals surface area contributed by atoms with Crippen LogP contribution in [-0.4, -0.2) is 53.2 Å². The first-order chi connectivity index (χ1) is 7.45. The van der Waals surface area contributed by atoms with Gasteiger partial charge in [-0.3, -0.25) is 4.79 Å². The van der Waals surface area contributed by atoms with Gasteiger partial charge in [-0.1, -0.05) is 0 Å². The van der Waals surface area contributed by atoms with Gasteiger partial charge in [0.05, 0.1) is 6.61 Å². The molecule has 0 spiro atoms. The van der Waals surface area contributed by atoms with Crippen molar-refractivity contribution >= 4 is 17.9 Å². The maximum absolute atomic E-state index is 11.3. The highest BCUT2D eigenvalue weighted by Gasteiger charge is 2.54. The Kier molecular flexibility index (Phi) is 3.45. The molecule has 16 heavy (non-hydrogen) atoms. The standard InChI is InChI=1S/C8H10O8/c1-4(11)15-8(3-10)7(13)14-5(2-9)6(12)16-8/h5,9-10H,2-3H2,1H3. The molecular formula is C8H10O8. The summed E-state index contributed by atoms with van der Waals surface area (Å²) in [7, 11) is 0. The number of rotatable bonds is 3. The Morgan fingerprint density at radius 2 is 2.12 bits per heavy atom. The van der Waals surface area contributed by atoms with Crippen molar-refractivity contribution in [2.75, 3.05) is 13.2 Å². The molecule has 1 heterocycles. The number of carbonyl (C=O) groups excluding carboxylic acids is 3. The number of carbonyl (C=O) groups is 3. The second-order valence-corrected chi connectivity index (χ2v) is 3.00. The summed E-state index contributed by atoms with van der Waals surface area (Å²) in [6.45, 7) is -0.849. The molecule has 0 amide bonds. The summed E-state index contributed by atoms with van der Waals surface area (Å²) < 4.78 is 13.4. The van der Waals surface area contributed by atoms with Crippen LogP contribution in [0.1, 0.15) is 6.92 Å². The van der Waals surface area contributed by atoms with E-state index in [2.05, 4.69) is 14.2 Å². The van der Waals surface area contributed by atoms with Crippen molar-refractivity contribution in [3.05, 3.63) is 0 Å². The molecule has 0 bridgehead atoms. The van der Waals surface area contributed by atoms with Crippen LogP contribution in [0.2, 0.25) is 0 Å². The maximum atomic E-state index is 11.3. The molecule has 1 aliphatic heterocycles. The van der Waals surface area contributed by atoms with Gasteiger partial charge < -0.3 is 24.4 Å². The van der Waals surface area contributed by atoms with Gasteiger partial charge in [0.1, 0.15) is 6.61 Å². The van der Waals surface area contributed by atoms with E-state index in [0.717, 1.165) is 6.92 Å². The molecule has 8 heteroatoms. The largest absolute Gasteiger partial charge is 0.442 e. The third kappa shape index (κ3) is 2.12.